The van der Waals surface area contributed by atoms with Crippen molar-refractivity contribution >= 4 is 22.5 Å². The minimum Gasteiger partial charge on any atom is -0.480 e. The molecule has 33 heavy (non-hydrogen) atoms. The van der Waals surface area contributed by atoms with Crippen LogP contribution in [0, 0.1) is 0 Å². The molecule has 3 heterocycles. The van der Waals surface area contributed by atoms with Crippen molar-refractivity contribution in [3.05, 3.63) is 101 Å². The van der Waals surface area contributed by atoms with Crippen LogP contribution in [0.15, 0.2) is 83.9 Å². The molecular formula is C26H22N4O3. The number of aryl methyl sites for hydroxylation is 1. The first-order valence-electron chi connectivity index (χ1n) is 10.8. The average molecular weight is 438 g/mol. The molecule has 1 N–H and O–H groups in total. The van der Waals surface area contributed by atoms with Crippen LogP contribution in [0.4, 0.5) is 0 Å². The molecule has 5 aromatic rings. The van der Waals surface area contributed by atoms with Crippen molar-refractivity contribution in [2.45, 2.75) is 25.8 Å². The second-order valence-corrected chi connectivity index (χ2v) is 7.91. The van der Waals surface area contributed by atoms with Crippen LogP contribution in [0.1, 0.15) is 24.2 Å². The third-order valence-corrected chi connectivity index (χ3v) is 5.90. The van der Waals surface area contributed by atoms with Gasteiger partial charge in [-0.05, 0) is 23.6 Å². The van der Waals surface area contributed by atoms with Gasteiger partial charge in [0.15, 0.2) is 5.65 Å². The Morgan fingerprint density at radius 2 is 1.73 bits per heavy atom. The summed E-state index contributed by atoms with van der Waals surface area (Å²) in [5.74, 6) is -1.06. The Morgan fingerprint density at radius 1 is 1.03 bits per heavy atom. The van der Waals surface area contributed by atoms with Gasteiger partial charge in [0.05, 0.1) is 16.6 Å². The molecule has 0 saturated heterocycles. The van der Waals surface area contributed by atoms with Gasteiger partial charge in [0, 0.05) is 24.4 Å². The highest BCUT2D eigenvalue weighted by atomic mass is 16.4. The summed E-state index contributed by atoms with van der Waals surface area (Å²) in [6, 6.07) is 19.9. The van der Waals surface area contributed by atoms with Crippen LogP contribution in [0.25, 0.3) is 27.7 Å². The van der Waals surface area contributed by atoms with E-state index in [4.69, 9.17) is 5.10 Å². The Morgan fingerprint density at radius 3 is 2.39 bits per heavy atom. The summed E-state index contributed by atoms with van der Waals surface area (Å²) in [4.78, 5) is 30.0. The van der Waals surface area contributed by atoms with Crippen molar-refractivity contribution in [1.82, 2.24) is 19.2 Å². The van der Waals surface area contributed by atoms with Crippen molar-refractivity contribution in [3.63, 3.8) is 0 Å². The van der Waals surface area contributed by atoms with Gasteiger partial charge in [-0.3, -0.25) is 4.79 Å². The normalized spacial score (nSPS) is 12.3. The lowest BCUT2D eigenvalue weighted by Crippen LogP contribution is -2.31. The second-order valence-electron chi connectivity index (χ2n) is 7.91. The maximum Gasteiger partial charge on any atom is 0.327 e. The molecule has 2 aromatic carbocycles. The molecule has 0 bridgehead atoms. The number of nitrogens with zero attached hydrogens (tertiary/aromatic N) is 4. The highest BCUT2D eigenvalue weighted by Gasteiger charge is 2.23. The van der Waals surface area contributed by atoms with Crippen LogP contribution < -0.4 is 5.56 Å². The van der Waals surface area contributed by atoms with Gasteiger partial charge in [-0.15, -0.1) is 0 Å². The molecular weight excluding hydrogens is 416 g/mol. The van der Waals surface area contributed by atoms with E-state index in [-0.39, 0.29) is 6.42 Å². The fourth-order valence-electron chi connectivity index (χ4n) is 4.26. The van der Waals surface area contributed by atoms with Crippen LogP contribution in [0.3, 0.4) is 0 Å². The Bertz CT molecular complexity index is 1520. The summed E-state index contributed by atoms with van der Waals surface area (Å²) in [5, 5.41) is 14.9. The Kier molecular flexibility index (Phi) is 5.22. The molecule has 164 valence electrons. The van der Waals surface area contributed by atoms with Gasteiger partial charge in [0.1, 0.15) is 6.04 Å². The lowest BCUT2D eigenvalue weighted by molar-refractivity contribution is -0.141. The first-order chi connectivity index (χ1) is 16.1. The molecule has 5 rings (SSSR count). The molecule has 0 unspecified atom stereocenters. The molecule has 0 saturated carbocycles. The van der Waals surface area contributed by atoms with Crippen LogP contribution in [-0.2, 0) is 17.6 Å². The Labute approximate surface area is 189 Å². The van der Waals surface area contributed by atoms with E-state index < -0.39 is 17.6 Å². The molecule has 0 fully saturated rings. The summed E-state index contributed by atoms with van der Waals surface area (Å²) >= 11 is 0. The van der Waals surface area contributed by atoms with Gasteiger partial charge in [0.25, 0.3) is 5.56 Å². The molecule has 1 atom stereocenters. The molecule has 7 nitrogen and oxygen atoms in total. The third kappa shape index (κ3) is 3.57. The number of aliphatic carboxylic acids is 1. The highest BCUT2D eigenvalue weighted by Crippen LogP contribution is 2.29. The number of fused-ring (bicyclic) bond motifs is 3. The molecule has 7 heteroatoms. The van der Waals surface area contributed by atoms with Crippen LogP contribution in [0.2, 0.25) is 0 Å². The smallest absolute Gasteiger partial charge is 0.327 e. The predicted molar refractivity (Wildman–Crippen MR) is 126 cm³/mol. The van der Waals surface area contributed by atoms with E-state index in [1.807, 2.05) is 67.6 Å². The number of carboxylic acid groups (broad SMARTS) is 1. The van der Waals surface area contributed by atoms with E-state index in [1.165, 1.54) is 10.8 Å². The van der Waals surface area contributed by atoms with E-state index in [1.54, 1.807) is 16.8 Å². The number of hydrogen-bond acceptors (Lipinski definition) is 4. The van der Waals surface area contributed by atoms with Gasteiger partial charge in [0.2, 0.25) is 0 Å². The molecule has 0 spiro atoms. The van der Waals surface area contributed by atoms with Gasteiger partial charge in [-0.2, -0.15) is 5.10 Å². The zero-order chi connectivity index (χ0) is 22.9. The van der Waals surface area contributed by atoms with Gasteiger partial charge in [-0.25, -0.2) is 14.3 Å². The molecule has 3 aromatic heterocycles. The maximum atomic E-state index is 13.4. The number of rotatable bonds is 6. The van der Waals surface area contributed by atoms with Crippen molar-refractivity contribution < 1.29 is 9.90 Å². The van der Waals surface area contributed by atoms with Crippen LogP contribution >= 0.6 is 0 Å². The third-order valence-electron chi connectivity index (χ3n) is 5.90. The van der Waals surface area contributed by atoms with Crippen LogP contribution in [-0.4, -0.2) is 30.2 Å². The average Bonchev–Trinajstić information content (AvgIpc) is 3.23. The largest absolute Gasteiger partial charge is 0.480 e. The Hall–Kier alpha value is -4.26. The first kappa shape index (κ1) is 20.6. The number of carboxylic acids is 1. The van der Waals surface area contributed by atoms with E-state index in [0.29, 0.717) is 23.0 Å². The number of pyridine rings is 1. The minimum absolute atomic E-state index is 0.206. The predicted octanol–water partition coefficient (Wildman–Crippen LogP) is 4.14. The summed E-state index contributed by atoms with van der Waals surface area (Å²) in [6.45, 7) is 2.03. The fraction of sp³-hybridized carbons (Fsp3) is 0.154. The summed E-state index contributed by atoms with van der Waals surface area (Å²) in [6.07, 6.45) is 3.99. The Balaban J connectivity index is 1.68. The summed E-state index contributed by atoms with van der Waals surface area (Å²) < 4.78 is 2.96. The second kappa shape index (κ2) is 8.35. The quantitative estimate of drug-likeness (QED) is 0.430. The van der Waals surface area contributed by atoms with Gasteiger partial charge < -0.3 is 9.67 Å². The molecule has 0 aliphatic rings. The van der Waals surface area contributed by atoms with Crippen LogP contribution in [0.5, 0.6) is 0 Å². The summed E-state index contributed by atoms with van der Waals surface area (Å²) in [5.41, 5.74) is 4.55. The van der Waals surface area contributed by atoms with E-state index in [0.717, 1.165) is 22.4 Å². The van der Waals surface area contributed by atoms with Crippen molar-refractivity contribution in [3.8, 4) is 11.1 Å². The zero-order valence-electron chi connectivity index (χ0n) is 18.0. The standard InChI is InChI=1S/C26H22N4O3/c1-2-20-23(18-11-7-4-8-12-18)24-27-16-19-21(30(24)28-20)13-14-29(25(19)31)22(26(32)33)15-17-9-5-3-6-10-17/h3-14,16,22H,2,15H2,1H3,(H,32,33)/t22-/m1/s1. The van der Waals surface area contributed by atoms with Gasteiger partial charge in [-0.1, -0.05) is 67.6 Å². The zero-order valence-corrected chi connectivity index (χ0v) is 18.0. The SMILES string of the molecule is CCc1nn2c(ncc3c(=O)n([C@H](Cc4ccccc4)C(=O)O)ccc32)c1-c1ccccc1. The monoisotopic (exact) mass is 438 g/mol. The lowest BCUT2D eigenvalue weighted by atomic mass is 10.0. The van der Waals surface area contributed by atoms with Gasteiger partial charge >= 0.3 is 5.97 Å². The fourth-order valence-corrected chi connectivity index (χ4v) is 4.26. The highest BCUT2D eigenvalue weighted by molar-refractivity contribution is 5.86. The topological polar surface area (TPSA) is 89.5 Å². The minimum atomic E-state index is -1.06. The van der Waals surface area contributed by atoms with Crippen molar-refractivity contribution in [2.24, 2.45) is 0 Å². The molecule has 0 amide bonds. The number of benzene rings is 2. The van der Waals surface area contributed by atoms with Crippen molar-refractivity contribution in [2.75, 3.05) is 0 Å². The molecule has 0 radical (unpaired) electrons. The molecule has 0 aliphatic heterocycles. The number of carbonyl (C=O) groups is 1. The first-order valence-corrected chi connectivity index (χ1v) is 10.8. The van der Waals surface area contributed by atoms with E-state index in [9.17, 15) is 14.7 Å². The maximum absolute atomic E-state index is 13.4. The number of aromatic nitrogens is 4. The number of hydrogen-bond donors (Lipinski definition) is 1. The van der Waals surface area contributed by atoms with E-state index >= 15 is 0 Å². The van der Waals surface area contributed by atoms with Crippen molar-refractivity contribution in [1.29, 1.82) is 0 Å². The lowest BCUT2D eigenvalue weighted by Gasteiger charge is -2.16. The molecule has 0 aliphatic carbocycles. The van der Waals surface area contributed by atoms with E-state index in [2.05, 4.69) is 4.98 Å². The summed E-state index contributed by atoms with van der Waals surface area (Å²) in [7, 11) is 0.